The van der Waals surface area contributed by atoms with Gasteiger partial charge in [-0.05, 0) is 42.3 Å². The fourth-order valence-electron chi connectivity index (χ4n) is 2.65. The molecule has 0 fully saturated rings. The predicted octanol–water partition coefficient (Wildman–Crippen LogP) is 3.57. The highest BCUT2D eigenvalue weighted by Crippen LogP contribution is 2.28. The zero-order valence-electron chi connectivity index (χ0n) is 14.6. The van der Waals surface area contributed by atoms with Crippen LogP contribution in [0.5, 0.6) is 11.5 Å². The van der Waals surface area contributed by atoms with Crippen molar-refractivity contribution in [3.8, 4) is 17.2 Å². The SMILES string of the molecule is CCOc1cc(CNCc2ccc(-n3ccnc3)cc2)ccc1OC. The van der Waals surface area contributed by atoms with Crippen LogP contribution in [0.1, 0.15) is 18.1 Å². The minimum absolute atomic E-state index is 0.622. The Balaban J connectivity index is 1.56. The second-order valence-electron chi connectivity index (χ2n) is 5.66. The van der Waals surface area contributed by atoms with Crippen LogP contribution in [0.3, 0.4) is 0 Å². The fourth-order valence-corrected chi connectivity index (χ4v) is 2.65. The van der Waals surface area contributed by atoms with Crippen molar-refractivity contribution in [3.63, 3.8) is 0 Å². The van der Waals surface area contributed by atoms with Crippen molar-refractivity contribution in [3.05, 3.63) is 72.3 Å². The molecule has 1 heterocycles. The number of hydrogen-bond acceptors (Lipinski definition) is 4. The lowest BCUT2D eigenvalue weighted by atomic mass is 10.1. The molecule has 2 aromatic carbocycles. The molecular formula is C20H23N3O2. The molecule has 0 aliphatic heterocycles. The van der Waals surface area contributed by atoms with Gasteiger partial charge in [-0.25, -0.2) is 4.98 Å². The molecule has 0 amide bonds. The van der Waals surface area contributed by atoms with Crippen LogP contribution in [0.4, 0.5) is 0 Å². The molecule has 0 aliphatic carbocycles. The van der Waals surface area contributed by atoms with E-state index in [4.69, 9.17) is 9.47 Å². The summed E-state index contributed by atoms with van der Waals surface area (Å²) >= 11 is 0. The van der Waals surface area contributed by atoms with Crippen LogP contribution in [-0.4, -0.2) is 23.3 Å². The van der Waals surface area contributed by atoms with Crippen LogP contribution in [0, 0.1) is 0 Å². The van der Waals surface area contributed by atoms with E-state index >= 15 is 0 Å². The normalized spacial score (nSPS) is 10.6. The number of methoxy groups -OCH3 is 1. The van der Waals surface area contributed by atoms with Gasteiger partial charge in [0, 0.05) is 31.2 Å². The Bertz CT molecular complexity index is 783. The van der Waals surface area contributed by atoms with Crippen LogP contribution in [0.25, 0.3) is 5.69 Å². The average Bonchev–Trinajstić information content (AvgIpc) is 3.18. The van der Waals surface area contributed by atoms with Crippen molar-refractivity contribution in [2.75, 3.05) is 13.7 Å². The van der Waals surface area contributed by atoms with E-state index in [-0.39, 0.29) is 0 Å². The van der Waals surface area contributed by atoms with Crippen molar-refractivity contribution >= 4 is 0 Å². The summed E-state index contributed by atoms with van der Waals surface area (Å²) in [5, 5.41) is 3.46. The third-order valence-electron chi connectivity index (χ3n) is 3.93. The highest BCUT2D eigenvalue weighted by Gasteiger charge is 2.05. The third kappa shape index (κ3) is 4.39. The second kappa shape index (κ2) is 8.35. The van der Waals surface area contributed by atoms with Gasteiger partial charge in [0.25, 0.3) is 0 Å². The van der Waals surface area contributed by atoms with Gasteiger partial charge < -0.3 is 19.4 Å². The second-order valence-corrected chi connectivity index (χ2v) is 5.66. The van der Waals surface area contributed by atoms with Gasteiger partial charge in [-0.2, -0.15) is 0 Å². The van der Waals surface area contributed by atoms with Gasteiger partial charge in [0.1, 0.15) is 0 Å². The van der Waals surface area contributed by atoms with E-state index in [1.807, 2.05) is 29.8 Å². The minimum Gasteiger partial charge on any atom is -0.493 e. The number of hydrogen-bond donors (Lipinski definition) is 1. The van der Waals surface area contributed by atoms with Crippen molar-refractivity contribution in [1.82, 2.24) is 14.9 Å². The maximum atomic E-state index is 5.62. The van der Waals surface area contributed by atoms with E-state index in [0.717, 1.165) is 30.3 Å². The molecule has 130 valence electrons. The Morgan fingerprint density at radius 1 is 1.00 bits per heavy atom. The molecule has 0 atom stereocenters. The fraction of sp³-hybridized carbons (Fsp3) is 0.250. The lowest BCUT2D eigenvalue weighted by molar-refractivity contribution is 0.310. The van der Waals surface area contributed by atoms with Gasteiger partial charge in [-0.3, -0.25) is 0 Å². The molecule has 0 saturated heterocycles. The molecule has 3 aromatic rings. The van der Waals surface area contributed by atoms with E-state index < -0.39 is 0 Å². The summed E-state index contributed by atoms with van der Waals surface area (Å²) in [6.07, 6.45) is 5.51. The van der Waals surface area contributed by atoms with Gasteiger partial charge in [-0.15, -0.1) is 0 Å². The number of nitrogens with zero attached hydrogens (tertiary/aromatic N) is 2. The molecule has 1 aromatic heterocycles. The first-order valence-electron chi connectivity index (χ1n) is 8.38. The van der Waals surface area contributed by atoms with Crippen LogP contribution < -0.4 is 14.8 Å². The topological polar surface area (TPSA) is 48.3 Å². The quantitative estimate of drug-likeness (QED) is 0.683. The summed E-state index contributed by atoms with van der Waals surface area (Å²) in [5.74, 6) is 1.55. The largest absolute Gasteiger partial charge is 0.493 e. The molecule has 1 N–H and O–H groups in total. The summed E-state index contributed by atoms with van der Waals surface area (Å²) in [5.41, 5.74) is 3.51. The number of benzene rings is 2. The van der Waals surface area contributed by atoms with Crippen LogP contribution in [0.15, 0.2) is 61.2 Å². The first-order valence-corrected chi connectivity index (χ1v) is 8.38. The molecule has 0 saturated carbocycles. The molecule has 25 heavy (non-hydrogen) atoms. The number of rotatable bonds is 8. The molecular weight excluding hydrogens is 314 g/mol. The Hall–Kier alpha value is -2.79. The summed E-state index contributed by atoms with van der Waals surface area (Å²) in [6.45, 7) is 4.17. The average molecular weight is 337 g/mol. The maximum absolute atomic E-state index is 5.62. The zero-order chi connectivity index (χ0) is 17.5. The predicted molar refractivity (Wildman–Crippen MR) is 98.3 cm³/mol. The Morgan fingerprint density at radius 3 is 2.44 bits per heavy atom. The number of imidazole rings is 1. The molecule has 0 spiro atoms. The molecule has 3 rings (SSSR count). The monoisotopic (exact) mass is 337 g/mol. The summed E-state index contributed by atoms with van der Waals surface area (Å²) < 4.78 is 12.9. The molecule has 0 aliphatic rings. The van der Waals surface area contributed by atoms with Crippen molar-refractivity contribution < 1.29 is 9.47 Å². The summed E-state index contributed by atoms with van der Waals surface area (Å²) in [7, 11) is 1.66. The smallest absolute Gasteiger partial charge is 0.161 e. The summed E-state index contributed by atoms with van der Waals surface area (Å²) in [6, 6.07) is 14.5. The van der Waals surface area contributed by atoms with E-state index in [2.05, 4.69) is 40.6 Å². The summed E-state index contributed by atoms with van der Waals surface area (Å²) in [4.78, 5) is 4.07. The molecule has 5 heteroatoms. The highest BCUT2D eigenvalue weighted by molar-refractivity contribution is 5.43. The van der Waals surface area contributed by atoms with Gasteiger partial charge in [0.15, 0.2) is 11.5 Å². The van der Waals surface area contributed by atoms with Crippen LogP contribution in [0.2, 0.25) is 0 Å². The number of aromatic nitrogens is 2. The van der Waals surface area contributed by atoms with Crippen molar-refractivity contribution in [2.45, 2.75) is 20.0 Å². The van der Waals surface area contributed by atoms with E-state index in [1.54, 1.807) is 19.6 Å². The van der Waals surface area contributed by atoms with Crippen LogP contribution in [-0.2, 0) is 13.1 Å². The van der Waals surface area contributed by atoms with E-state index in [1.165, 1.54) is 11.1 Å². The van der Waals surface area contributed by atoms with Gasteiger partial charge in [-0.1, -0.05) is 18.2 Å². The van der Waals surface area contributed by atoms with Crippen LogP contribution >= 0.6 is 0 Å². The molecule has 0 bridgehead atoms. The number of nitrogens with one attached hydrogen (secondary N) is 1. The van der Waals surface area contributed by atoms with E-state index in [9.17, 15) is 0 Å². The van der Waals surface area contributed by atoms with Gasteiger partial charge >= 0.3 is 0 Å². The standard InChI is InChI=1S/C20H23N3O2/c1-3-25-20-12-17(6-9-19(20)24-2)14-22-13-16-4-7-18(8-5-16)23-11-10-21-15-23/h4-12,15,22H,3,13-14H2,1-2H3. The zero-order valence-corrected chi connectivity index (χ0v) is 14.6. The maximum Gasteiger partial charge on any atom is 0.161 e. The molecule has 5 nitrogen and oxygen atoms in total. The van der Waals surface area contributed by atoms with Crippen molar-refractivity contribution in [1.29, 1.82) is 0 Å². The minimum atomic E-state index is 0.622. The number of ether oxygens (including phenoxy) is 2. The van der Waals surface area contributed by atoms with Gasteiger partial charge in [0.2, 0.25) is 0 Å². The third-order valence-corrected chi connectivity index (χ3v) is 3.93. The molecule has 0 radical (unpaired) electrons. The molecule has 0 unspecified atom stereocenters. The first-order chi connectivity index (χ1) is 12.3. The Labute approximate surface area is 148 Å². The first kappa shape index (κ1) is 17.0. The Kier molecular flexibility index (Phi) is 5.69. The lowest BCUT2D eigenvalue weighted by Gasteiger charge is -2.12. The Morgan fingerprint density at radius 2 is 1.76 bits per heavy atom. The van der Waals surface area contributed by atoms with E-state index in [0.29, 0.717) is 6.61 Å². The van der Waals surface area contributed by atoms with Crippen molar-refractivity contribution in [2.24, 2.45) is 0 Å². The lowest BCUT2D eigenvalue weighted by Crippen LogP contribution is -2.13. The highest BCUT2D eigenvalue weighted by atomic mass is 16.5. The van der Waals surface area contributed by atoms with Gasteiger partial charge in [0.05, 0.1) is 20.0 Å².